The minimum Gasteiger partial charge on any atom is -0.335 e. The van der Waals surface area contributed by atoms with E-state index in [1.54, 1.807) is 4.90 Å². The summed E-state index contributed by atoms with van der Waals surface area (Å²) in [5.74, 6) is -0.483. The molecule has 0 unspecified atom stereocenters. The number of hydrogen-bond acceptors (Lipinski definition) is 1. The fraction of sp³-hybridized carbons (Fsp3) is 0.417. The first-order valence-corrected chi connectivity index (χ1v) is 6.20. The summed E-state index contributed by atoms with van der Waals surface area (Å²) in [4.78, 5) is 13.7. The fourth-order valence-corrected chi connectivity index (χ4v) is 1.78. The van der Waals surface area contributed by atoms with Crippen LogP contribution in [0.4, 0.5) is 4.39 Å². The maximum atomic E-state index is 13.3. The van der Waals surface area contributed by atoms with Crippen molar-refractivity contribution in [2.24, 2.45) is 0 Å². The van der Waals surface area contributed by atoms with Gasteiger partial charge in [0.15, 0.2) is 0 Å². The Labute approximate surface area is 110 Å². The third-order valence-electron chi connectivity index (χ3n) is 2.38. The number of halogens is 3. The van der Waals surface area contributed by atoms with Crippen LogP contribution in [0.15, 0.2) is 18.2 Å². The first kappa shape index (κ1) is 14.3. The molecule has 1 amide bonds. The average molecular weight is 278 g/mol. The highest BCUT2D eigenvalue weighted by molar-refractivity contribution is 6.30. The molecule has 1 rings (SSSR count). The molecular formula is C12H14Cl2FNO. The summed E-state index contributed by atoms with van der Waals surface area (Å²) in [7, 11) is 0. The zero-order chi connectivity index (χ0) is 13.0. The summed E-state index contributed by atoms with van der Waals surface area (Å²) >= 11 is 11.2. The number of carbonyl (C=O) groups is 1. The SMILES string of the molecule is CC(C)N(CCCl)C(=O)c1ccc(Cl)c(F)c1. The van der Waals surface area contributed by atoms with Crippen LogP contribution in [0.25, 0.3) is 0 Å². The van der Waals surface area contributed by atoms with Crippen LogP contribution in [-0.4, -0.2) is 29.3 Å². The Bertz CT molecular complexity index is 409. The van der Waals surface area contributed by atoms with E-state index in [0.29, 0.717) is 12.4 Å². The second-order valence-corrected chi connectivity index (χ2v) is 4.70. The molecule has 1 aromatic rings. The van der Waals surface area contributed by atoms with Crippen LogP contribution in [0, 0.1) is 5.82 Å². The van der Waals surface area contributed by atoms with Gasteiger partial charge in [0.05, 0.1) is 5.02 Å². The molecule has 0 heterocycles. The second kappa shape index (κ2) is 6.22. The van der Waals surface area contributed by atoms with Crippen molar-refractivity contribution in [3.63, 3.8) is 0 Å². The first-order chi connectivity index (χ1) is 7.97. The highest BCUT2D eigenvalue weighted by Crippen LogP contribution is 2.17. The van der Waals surface area contributed by atoms with E-state index in [1.165, 1.54) is 12.1 Å². The quantitative estimate of drug-likeness (QED) is 0.771. The summed E-state index contributed by atoms with van der Waals surface area (Å²) in [6.45, 7) is 4.20. The van der Waals surface area contributed by atoms with E-state index < -0.39 is 5.82 Å². The van der Waals surface area contributed by atoms with Crippen LogP contribution in [0.5, 0.6) is 0 Å². The summed E-state index contributed by atoms with van der Waals surface area (Å²) in [6.07, 6.45) is 0. The molecule has 0 fully saturated rings. The number of benzene rings is 1. The van der Waals surface area contributed by atoms with Gasteiger partial charge in [-0.05, 0) is 32.0 Å². The molecule has 0 aliphatic rings. The van der Waals surface area contributed by atoms with Crippen LogP contribution in [0.3, 0.4) is 0 Å². The number of nitrogens with zero attached hydrogens (tertiary/aromatic N) is 1. The van der Waals surface area contributed by atoms with Crippen molar-refractivity contribution >= 4 is 29.1 Å². The Morgan fingerprint density at radius 1 is 1.47 bits per heavy atom. The van der Waals surface area contributed by atoms with Crippen molar-refractivity contribution in [2.75, 3.05) is 12.4 Å². The molecule has 0 spiro atoms. The molecule has 0 saturated heterocycles. The largest absolute Gasteiger partial charge is 0.335 e. The molecule has 0 radical (unpaired) electrons. The summed E-state index contributed by atoms with van der Waals surface area (Å²) in [5.41, 5.74) is 0.283. The van der Waals surface area contributed by atoms with Gasteiger partial charge in [0.25, 0.3) is 5.91 Å². The van der Waals surface area contributed by atoms with Gasteiger partial charge in [-0.3, -0.25) is 4.79 Å². The predicted octanol–water partition coefficient (Wildman–Crippen LogP) is 3.57. The van der Waals surface area contributed by atoms with Crippen molar-refractivity contribution in [1.82, 2.24) is 4.90 Å². The number of amides is 1. The van der Waals surface area contributed by atoms with E-state index in [1.807, 2.05) is 13.8 Å². The minimum atomic E-state index is -0.591. The molecule has 0 aromatic heterocycles. The molecule has 94 valence electrons. The van der Waals surface area contributed by atoms with Gasteiger partial charge in [-0.2, -0.15) is 0 Å². The molecule has 0 aliphatic carbocycles. The number of alkyl halides is 1. The Balaban J connectivity index is 2.97. The number of hydrogen-bond donors (Lipinski definition) is 0. The Kier molecular flexibility index (Phi) is 5.22. The maximum Gasteiger partial charge on any atom is 0.254 e. The summed E-state index contributed by atoms with van der Waals surface area (Å²) in [5, 5.41) is 0.00925. The van der Waals surface area contributed by atoms with E-state index in [9.17, 15) is 9.18 Å². The standard InChI is InChI=1S/C12H14Cl2FNO/c1-8(2)16(6-5-13)12(17)9-3-4-10(14)11(15)7-9/h3-4,7-8H,5-6H2,1-2H3. The average Bonchev–Trinajstić information content (AvgIpc) is 2.28. The van der Waals surface area contributed by atoms with Crippen LogP contribution >= 0.6 is 23.2 Å². The highest BCUT2D eigenvalue weighted by Gasteiger charge is 2.18. The first-order valence-electron chi connectivity index (χ1n) is 5.29. The zero-order valence-corrected chi connectivity index (χ0v) is 11.2. The lowest BCUT2D eigenvalue weighted by Gasteiger charge is -2.26. The Morgan fingerprint density at radius 3 is 2.59 bits per heavy atom. The normalized spacial score (nSPS) is 10.7. The molecule has 17 heavy (non-hydrogen) atoms. The molecule has 1 aromatic carbocycles. The number of carbonyl (C=O) groups excluding carboxylic acids is 1. The minimum absolute atomic E-state index is 0.00925. The molecular weight excluding hydrogens is 264 g/mol. The Morgan fingerprint density at radius 2 is 2.12 bits per heavy atom. The molecule has 0 saturated carbocycles. The Hall–Kier alpha value is -0.800. The lowest BCUT2D eigenvalue weighted by molar-refractivity contribution is 0.0718. The molecule has 0 N–H and O–H groups in total. The lowest BCUT2D eigenvalue weighted by Crippen LogP contribution is -2.38. The predicted molar refractivity (Wildman–Crippen MR) is 68.3 cm³/mol. The van der Waals surface area contributed by atoms with Gasteiger partial charge in [0.2, 0.25) is 0 Å². The van der Waals surface area contributed by atoms with E-state index >= 15 is 0 Å². The van der Waals surface area contributed by atoms with Gasteiger partial charge in [-0.15, -0.1) is 11.6 Å². The molecule has 0 aliphatic heterocycles. The van der Waals surface area contributed by atoms with Gasteiger partial charge in [0, 0.05) is 24.0 Å². The lowest BCUT2D eigenvalue weighted by atomic mass is 10.1. The monoisotopic (exact) mass is 277 g/mol. The fourth-order valence-electron chi connectivity index (χ4n) is 1.48. The summed E-state index contributed by atoms with van der Waals surface area (Å²) in [6, 6.07) is 4.05. The maximum absolute atomic E-state index is 13.3. The van der Waals surface area contributed by atoms with Gasteiger partial charge < -0.3 is 4.90 Å². The van der Waals surface area contributed by atoms with Gasteiger partial charge in [-0.1, -0.05) is 11.6 Å². The van der Waals surface area contributed by atoms with Crippen LogP contribution in [0.1, 0.15) is 24.2 Å². The zero-order valence-electron chi connectivity index (χ0n) is 9.71. The molecule has 0 atom stereocenters. The number of rotatable bonds is 4. The molecule has 5 heteroatoms. The smallest absolute Gasteiger partial charge is 0.254 e. The van der Waals surface area contributed by atoms with Gasteiger partial charge in [0.1, 0.15) is 5.82 Å². The third-order valence-corrected chi connectivity index (χ3v) is 2.85. The van der Waals surface area contributed by atoms with Crippen molar-refractivity contribution in [3.05, 3.63) is 34.6 Å². The van der Waals surface area contributed by atoms with E-state index in [-0.39, 0.29) is 22.5 Å². The summed E-state index contributed by atoms with van der Waals surface area (Å²) < 4.78 is 13.3. The van der Waals surface area contributed by atoms with Crippen molar-refractivity contribution < 1.29 is 9.18 Å². The highest BCUT2D eigenvalue weighted by atomic mass is 35.5. The van der Waals surface area contributed by atoms with E-state index in [4.69, 9.17) is 23.2 Å². The van der Waals surface area contributed by atoms with Gasteiger partial charge >= 0.3 is 0 Å². The molecule has 2 nitrogen and oxygen atoms in total. The van der Waals surface area contributed by atoms with Gasteiger partial charge in [-0.25, -0.2) is 4.39 Å². The van der Waals surface area contributed by atoms with E-state index in [2.05, 4.69) is 0 Å². The van der Waals surface area contributed by atoms with E-state index in [0.717, 1.165) is 6.07 Å². The van der Waals surface area contributed by atoms with Crippen molar-refractivity contribution in [1.29, 1.82) is 0 Å². The topological polar surface area (TPSA) is 20.3 Å². The van der Waals surface area contributed by atoms with Crippen LogP contribution in [0.2, 0.25) is 5.02 Å². The van der Waals surface area contributed by atoms with Crippen LogP contribution in [-0.2, 0) is 0 Å². The van der Waals surface area contributed by atoms with Crippen molar-refractivity contribution in [3.8, 4) is 0 Å². The molecule has 0 bridgehead atoms. The van der Waals surface area contributed by atoms with Crippen molar-refractivity contribution in [2.45, 2.75) is 19.9 Å². The second-order valence-electron chi connectivity index (χ2n) is 3.91. The van der Waals surface area contributed by atoms with Crippen LogP contribution < -0.4 is 0 Å². The third kappa shape index (κ3) is 3.58.